The van der Waals surface area contributed by atoms with Crippen LogP contribution in [0.3, 0.4) is 0 Å². The summed E-state index contributed by atoms with van der Waals surface area (Å²) in [6.07, 6.45) is 3.49. The highest BCUT2D eigenvalue weighted by molar-refractivity contribution is 6.19. The molecule has 0 aromatic heterocycles. The van der Waals surface area contributed by atoms with Crippen LogP contribution in [0, 0.1) is 6.92 Å². The number of aryl methyl sites for hydroxylation is 1. The van der Waals surface area contributed by atoms with Gasteiger partial charge in [0, 0.05) is 22.1 Å². The summed E-state index contributed by atoms with van der Waals surface area (Å²) in [5.74, 6) is 0.105. The van der Waals surface area contributed by atoms with Crippen molar-refractivity contribution in [2.75, 3.05) is 7.11 Å². The highest BCUT2D eigenvalue weighted by Gasteiger charge is 2.31. The van der Waals surface area contributed by atoms with E-state index in [0.717, 1.165) is 16.3 Å². The molecular weight excluding hydrogens is 351 g/mol. The molecule has 28 heavy (non-hydrogen) atoms. The number of carbonyl (C=O) groups excluding carboxylic acids is 1. The van der Waals surface area contributed by atoms with Crippen LogP contribution in [-0.4, -0.2) is 31.5 Å². The highest BCUT2D eigenvalue weighted by Crippen LogP contribution is 2.47. The van der Waals surface area contributed by atoms with Crippen LogP contribution < -0.4 is 4.74 Å². The highest BCUT2D eigenvalue weighted by atomic mass is 16.5. The zero-order chi connectivity index (χ0) is 20.1. The number of phenolic OH excluding ortho intramolecular Hbond substituents is 1. The fraction of sp³-hybridized carbons (Fsp3) is 0.174. The molecule has 0 amide bonds. The first-order valence-corrected chi connectivity index (χ1v) is 8.96. The Kier molecular flexibility index (Phi) is 4.18. The molecule has 1 unspecified atom stereocenters. The first-order chi connectivity index (χ1) is 13.3. The van der Waals surface area contributed by atoms with Crippen LogP contribution in [0.4, 0.5) is 0 Å². The summed E-state index contributed by atoms with van der Waals surface area (Å²) in [5.41, 5.74) is 2.11. The van der Waals surface area contributed by atoms with Gasteiger partial charge >= 0.3 is 5.97 Å². The first kappa shape index (κ1) is 18.2. The van der Waals surface area contributed by atoms with Gasteiger partial charge in [0.1, 0.15) is 19.3 Å². The molecule has 1 aliphatic heterocycles. The van der Waals surface area contributed by atoms with Crippen molar-refractivity contribution in [2.45, 2.75) is 19.3 Å². The van der Waals surface area contributed by atoms with Crippen LogP contribution in [0.2, 0.25) is 0 Å². The zero-order valence-electron chi connectivity index (χ0n) is 15.9. The summed E-state index contributed by atoms with van der Waals surface area (Å²) in [6.45, 7) is 3.72. The Balaban J connectivity index is 2.23. The zero-order valence-corrected chi connectivity index (χ0v) is 15.9. The maximum atomic E-state index is 12.9. The summed E-state index contributed by atoms with van der Waals surface area (Å²) in [4.78, 5) is 12.9. The molecule has 1 N–H and O–H groups in total. The molecule has 0 aliphatic carbocycles. The number of phenols is 1. The Bertz CT molecular complexity index is 1150. The summed E-state index contributed by atoms with van der Waals surface area (Å²) in [5, 5.41) is 12.1. The van der Waals surface area contributed by atoms with E-state index >= 15 is 0 Å². The Hall–Kier alpha value is -3.21. The number of ether oxygens (including phenoxy) is 2. The van der Waals surface area contributed by atoms with Crippen LogP contribution in [0.15, 0.2) is 48.5 Å². The molecule has 0 bridgehead atoms. The van der Waals surface area contributed by atoms with E-state index in [0.29, 0.717) is 28.0 Å². The molecule has 0 spiro atoms. The Morgan fingerprint density at radius 3 is 2.64 bits per heavy atom. The number of esters is 1. The topological polar surface area (TPSA) is 55.8 Å². The summed E-state index contributed by atoms with van der Waals surface area (Å²) in [7, 11) is 7.52. The van der Waals surface area contributed by atoms with Crippen molar-refractivity contribution in [3.63, 3.8) is 0 Å². The molecule has 1 heterocycles. The van der Waals surface area contributed by atoms with Crippen molar-refractivity contribution < 1.29 is 19.4 Å². The van der Waals surface area contributed by atoms with Gasteiger partial charge in [-0.15, -0.1) is 0 Å². The predicted octanol–water partition coefficient (Wildman–Crippen LogP) is 4.60. The molecule has 1 atom stereocenters. The number of carbonyl (C=O) groups is 1. The minimum Gasteiger partial charge on any atom is -0.507 e. The molecule has 3 aromatic carbocycles. The molecule has 4 rings (SSSR count). The second-order valence-electron chi connectivity index (χ2n) is 7.17. The maximum Gasteiger partial charge on any atom is 0.339 e. The van der Waals surface area contributed by atoms with E-state index in [-0.39, 0.29) is 5.75 Å². The van der Waals surface area contributed by atoms with Crippen LogP contribution in [0.1, 0.15) is 28.4 Å². The molecule has 0 fully saturated rings. The van der Waals surface area contributed by atoms with Crippen LogP contribution >= 0.6 is 0 Å². The molecule has 3 aromatic rings. The Morgan fingerprint density at radius 2 is 1.93 bits per heavy atom. The smallest absolute Gasteiger partial charge is 0.339 e. The Labute approximate surface area is 164 Å². The standard InChI is InChI=1S/C23H19BO4/c1-13-8-9-14-17(12-13)19(15-6-4-5-7-18(15)25)20(22(26)27-3)16-10-11-23(2,24)28-21(14)16/h4-12,25H,1-3H3. The molecule has 0 saturated heterocycles. The molecule has 2 radical (unpaired) electrons. The number of hydrogen-bond donors (Lipinski definition) is 1. The quantitative estimate of drug-likeness (QED) is 0.529. The van der Waals surface area contributed by atoms with Crippen LogP contribution in [0.25, 0.3) is 28.0 Å². The number of rotatable bonds is 2. The normalized spacial score (nSPS) is 17.8. The van der Waals surface area contributed by atoms with E-state index < -0.39 is 11.5 Å². The van der Waals surface area contributed by atoms with Gasteiger partial charge in [-0.2, -0.15) is 0 Å². The number of benzene rings is 3. The number of hydrogen-bond acceptors (Lipinski definition) is 4. The summed E-state index contributed by atoms with van der Waals surface area (Å²) >= 11 is 0. The van der Waals surface area contributed by atoms with Crippen molar-refractivity contribution >= 4 is 30.7 Å². The van der Waals surface area contributed by atoms with Gasteiger partial charge in [-0.25, -0.2) is 4.79 Å². The minimum absolute atomic E-state index is 0.0831. The lowest BCUT2D eigenvalue weighted by molar-refractivity contribution is 0.0600. The third-order valence-corrected chi connectivity index (χ3v) is 4.92. The number of aromatic hydroxyl groups is 1. The van der Waals surface area contributed by atoms with Gasteiger partial charge in [0.2, 0.25) is 0 Å². The van der Waals surface area contributed by atoms with E-state index in [2.05, 4.69) is 0 Å². The number of para-hydroxylation sites is 1. The van der Waals surface area contributed by atoms with Gasteiger partial charge in [0.25, 0.3) is 0 Å². The average Bonchev–Trinajstić information content (AvgIpc) is 2.66. The molecular formula is C23H19BO4. The molecule has 4 nitrogen and oxygen atoms in total. The van der Waals surface area contributed by atoms with Crippen LogP contribution in [0.5, 0.6) is 11.5 Å². The number of fused-ring (bicyclic) bond motifs is 3. The summed E-state index contributed by atoms with van der Waals surface area (Å²) in [6, 6.07) is 12.8. The van der Waals surface area contributed by atoms with Crippen molar-refractivity contribution in [2.24, 2.45) is 0 Å². The van der Waals surface area contributed by atoms with Gasteiger partial charge in [0.15, 0.2) is 0 Å². The second-order valence-corrected chi connectivity index (χ2v) is 7.17. The molecule has 138 valence electrons. The third-order valence-electron chi connectivity index (χ3n) is 4.92. The van der Waals surface area contributed by atoms with Gasteiger partial charge < -0.3 is 14.6 Å². The SMILES string of the molecule is [B]C1(C)C=Cc2c(C(=O)OC)c(-c3ccccc3O)c3cc(C)ccc3c2O1. The van der Waals surface area contributed by atoms with E-state index in [1.54, 1.807) is 37.3 Å². The van der Waals surface area contributed by atoms with E-state index in [1.807, 2.05) is 31.2 Å². The predicted molar refractivity (Wildman–Crippen MR) is 111 cm³/mol. The maximum absolute atomic E-state index is 12.9. The average molecular weight is 370 g/mol. The van der Waals surface area contributed by atoms with Gasteiger partial charge in [-0.05, 0) is 25.3 Å². The van der Waals surface area contributed by atoms with Gasteiger partial charge in [0.05, 0.1) is 18.2 Å². The van der Waals surface area contributed by atoms with Crippen LogP contribution in [-0.2, 0) is 4.74 Å². The van der Waals surface area contributed by atoms with Crippen molar-refractivity contribution in [3.05, 3.63) is 65.2 Å². The largest absolute Gasteiger partial charge is 0.507 e. The Morgan fingerprint density at radius 1 is 1.18 bits per heavy atom. The van der Waals surface area contributed by atoms with Crippen molar-refractivity contribution in [3.8, 4) is 22.6 Å². The minimum atomic E-state index is -0.991. The second kappa shape index (κ2) is 6.45. The third kappa shape index (κ3) is 2.84. The van der Waals surface area contributed by atoms with Gasteiger partial charge in [-0.1, -0.05) is 54.1 Å². The summed E-state index contributed by atoms with van der Waals surface area (Å²) < 4.78 is 11.1. The van der Waals surface area contributed by atoms with Crippen molar-refractivity contribution in [1.29, 1.82) is 0 Å². The van der Waals surface area contributed by atoms with E-state index in [4.69, 9.17) is 17.3 Å². The molecule has 1 aliphatic rings. The lowest BCUT2D eigenvalue weighted by Crippen LogP contribution is -2.32. The number of methoxy groups -OCH3 is 1. The monoisotopic (exact) mass is 370 g/mol. The fourth-order valence-electron chi connectivity index (χ4n) is 3.64. The van der Waals surface area contributed by atoms with E-state index in [9.17, 15) is 9.90 Å². The lowest BCUT2D eigenvalue weighted by Gasteiger charge is -2.31. The molecule has 5 heteroatoms. The van der Waals surface area contributed by atoms with E-state index in [1.165, 1.54) is 7.11 Å². The van der Waals surface area contributed by atoms with Gasteiger partial charge in [-0.3, -0.25) is 0 Å². The lowest BCUT2D eigenvalue weighted by atomic mass is 9.79. The molecule has 0 saturated carbocycles. The fourth-order valence-corrected chi connectivity index (χ4v) is 3.64. The van der Waals surface area contributed by atoms with Crippen molar-refractivity contribution in [1.82, 2.24) is 0 Å². The first-order valence-electron chi connectivity index (χ1n) is 8.96.